The predicted octanol–water partition coefficient (Wildman–Crippen LogP) is 2.19. The highest BCUT2D eigenvalue weighted by molar-refractivity contribution is 5.72. The van der Waals surface area contributed by atoms with E-state index in [1.165, 1.54) is 0 Å². The van der Waals surface area contributed by atoms with Gasteiger partial charge in [0, 0.05) is 13.5 Å². The number of hydrogen-bond donors (Lipinski definition) is 1. The van der Waals surface area contributed by atoms with E-state index in [-0.39, 0.29) is 16.7 Å². The molecule has 12 heavy (non-hydrogen) atoms. The maximum atomic E-state index is 10.7. The highest BCUT2D eigenvalue weighted by Crippen LogP contribution is 2.36. The number of rotatable bonds is 2. The molecule has 0 saturated carbocycles. The first kappa shape index (κ1) is 11.5. The van der Waals surface area contributed by atoms with Gasteiger partial charge in [-0.05, 0) is 10.8 Å². The average molecular weight is 171 g/mol. The van der Waals surface area contributed by atoms with Crippen LogP contribution in [0.15, 0.2) is 0 Å². The van der Waals surface area contributed by atoms with Crippen molar-refractivity contribution in [2.45, 2.75) is 41.5 Å². The second kappa shape index (κ2) is 3.46. The van der Waals surface area contributed by atoms with Crippen molar-refractivity contribution in [2.24, 2.45) is 10.8 Å². The van der Waals surface area contributed by atoms with E-state index in [0.29, 0.717) is 0 Å². The first-order valence-corrected chi connectivity index (χ1v) is 4.41. The second-order valence-corrected chi connectivity index (χ2v) is 5.04. The Hall–Kier alpha value is -0.530. The van der Waals surface area contributed by atoms with Crippen molar-refractivity contribution >= 4 is 5.91 Å². The van der Waals surface area contributed by atoms with Crippen LogP contribution < -0.4 is 5.32 Å². The quantitative estimate of drug-likeness (QED) is 0.678. The van der Waals surface area contributed by atoms with Crippen LogP contribution >= 0.6 is 0 Å². The summed E-state index contributed by atoms with van der Waals surface area (Å²) in [7, 11) is 0. The van der Waals surface area contributed by atoms with Crippen LogP contribution in [0.4, 0.5) is 0 Å². The SMILES string of the molecule is CC(=O)NCC(C)(C)C(C)(C)C. The highest BCUT2D eigenvalue weighted by atomic mass is 16.1. The number of carbonyl (C=O) groups is 1. The van der Waals surface area contributed by atoms with Gasteiger partial charge in [0.15, 0.2) is 0 Å². The van der Waals surface area contributed by atoms with Crippen LogP contribution in [0.2, 0.25) is 0 Å². The van der Waals surface area contributed by atoms with E-state index in [4.69, 9.17) is 0 Å². The lowest BCUT2D eigenvalue weighted by atomic mass is 9.69. The van der Waals surface area contributed by atoms with Gasteiger partial charge in [0.1, 0.15) is 0 Å². The maximum Gasteiger partial charge on any atom is 0.216 e. The fraction of sp³-hybridized carbons (Fsp3) is 0.900. The Balaban J connectivity index is 4.14. The summed E-state index contributed by atoms with van der Waals surface area (Å²) in [5, 5.41) is 2.85. The van der Waals surface area contributed by atoms with Crippen molar-refractivity contribution in [3.8, 4) is 0 Å². The number of nitrogens with one attached hydrogen (secondary N) is 1. The molecular weight excluding hydrogens is 150 g/mol. The van der Waals surface area contributed by atoms with Gasteiger partial charge in [-0.15, -0.1) is 0 Å². The molecule has 72 valence electrons. The van der Waals surface area contributed by atoms with Crippen LogP contribution in [0.1, 0.15) is 41.5 Å². The average Bonchev–Trinajstić information content (AvgIpc) is 1.81. The molecule has 0 unspecified atom stereocenters. The summed E-state index contributed by atoms with van der Waals surface area (Å²) < 4.78 is 0. The monoisotopic (exact) mass is 171 g/mol. The van der Waals surface area contributed by atoms with Crippen LogP contribution in [-0.2, 0) is 4.79 Å². The van der Waals surface area contributed by atoms with E-state index >= 15 is 0 Å². The minimum absolute atomic E-state index is 0.0484. The highest BCUT2D eigenvalue weighted by Gasteiger charge is 2.32. The molecule has 2 heteroatoms. The minimum atomic E-state index is 0.0484. The van der Waals surface area contributed by atoms with Crippen molar-refractivity contribution < 1.29 is 4.79 Å². The van der Waals surface area contributed by atoms with Crippen molar-refractivity contribution in [2.75, 3.05) is 6.54 Å². The Morgan fingerprint density at radius 3 is 1.83 bits per heavy atom. The van der Waals surface area contributed by atoms with E-state index in [1.54, 1.807) is 6.92 Å². The number of amides is 1. The van der Waals surface area contributed by atoms with Gasteiger partial charge in [-0.1, -0.05) is 34.6 Å². The normalized spacial score (nSPS) is 12.8. The van der Waals surface area contributed by atoms with Crippen molar-refractivity contribution in [1.29, 1.82) is 0 Å². The van der Waals surface area contributed by atoms with Crippen LogP contribution in [0.25, 0.3) is 0 Å². The maximum absolute atomic E-state index is 10.7. The van der Waals surface area contributed by atoms with E-state index in [1.807, 2.05) is 0 Å². The third-order valence-corrected chi connectivity index (χ3v) is 2.81. The fourth-order valence-corrected chi connectivity index (χ4v) is 0.611. The van der Waals surface area contributed by atoms with Gasteiger partial charge < -0.3 is 5.32 Å². The molecule has 0 aromatic carbocycles. The molecule has 1 N–H and O–H groups in total. The Kier molecular flexibility index (Phi) is 3.31. The zero-order valence-electron chi connectivity index (χ0n) is 9.12. The van der Waals surface area contributed by atoms with E-state index < -0.39 is 0 Å². The first-order chi connectivity index (χ1) is 5.17. The lowest BCUT2D eigenvalue weighted by Crippen LogP contribution is -2.40. The van der Waals surface area contributed by atoms with E-state index in [9.17, 15) is 4.79 Å². The van der Waals surface area contributed by atoms with Crippen LogP contribution in [0.5, 0.6) is 0 Å². The van der Waals surface area contributed by atoms with Gasteiger partial charge in [-0.3, -0.25) is 4.79 Å². The molecule has 0 bridgehead atoms. The first-order valence-electron chi connectivity index (χ1n) is 4.41. The Morgan fingerprint density at radius 1 is 1.17 bits per heavy atom. The fourth-order valence-electron chi connectivity index (χ4n) is 0.611. The molecule has 0 aliphatic heterocycles. The summed E-state index contributed by atoms with van der Waals surface area (Å²) in [4.78, 5) is 10.7. The van der Waals surface area contributed by atoms with Crippen LogP contribution in [-0.4, -0.2) is 12.5 Å². The molecule has 0 heterocycles. The van der Waals surface area contributed by atoms with E-state index in [0.717, 1.165) is 6.54 Å². The van der Waals surface area contributed by atoms with Gasteiger partial charge in [-0.25, -0.2) is 0 Å². The standard InChI is InChI=1S/C10H21NO/c1-8(12)11-7-10(5,6)9(2,3)4/h7H2,1-6H3,(H,11,12). The molecule has 0 aliphatic rings. The van der Waals surface area contributed by atoms with Gasteiger partial charge in [-0.2, -0.15) is 0 Å². The predicted molar refractivity (Wildman–Crippen MR) is 51.9 cm³/mol. The lowest BCUT2D eigenvalue weighted by Gasteiger charge is -2.38. The zero-order chi connectivity index (χ0) is 9.99. The number of carbonyl (C=O) groups excluding carboxylic acids is 1. The van der Waals surface area contributed by atoms with Crippen molar-refractivity contribution in [1.82, 2.24) is 5.32 Å². The molecule has 0 aromatic heterocycles. The summed E-state index contributed by atoms with van der Waals surface area (Å²) in [6.45, 7) is 13.2. The third kappa shape index (κ3) is 3.24. The lowest BCUT2D eigenvalue weighted by molar-refractivity contribution is -0.119. The van der Waals surface area contributed by atoms with E-state index in [2.05, 4.69) is 39.9 Å². The zero-order valence-corrected chi connectivity index (χ0v) is 9.12. The van der Waals surface area contributed by atoms with Crippen LogP contribution in [0, 0.1) is 10.8 Å². The Bertz CT molecular complexity index is 165. The van der Waals surface area contributed by atoms with Crippen LogP contribution in [0.3, 0.4) is 0 Å². The summed E-state index contributed by atoms with van der Waals surface area (Å²) in [6.07, 6.45) is 0. The molecule has 0 spiro atoms. The van der Waals surface area contributed by atoms with Gasteiger partial charge in [0.25, 0.3) is 0 Å². The molecule has 0 atom stereocenters. The molecule has 0 radical (unpaired) electrons. The summed E-state index contributed by atoms with van der Waals surface area (Å²) >= 11 is 0. The number of hydrogen-bond acceptors (Lipinski definition) is 1. The summed E-state index contributed by atoms with van der Waals surface area (Å²) in [6, 6.07) is 0. The molecule has 1 amide bonds. The molecule has 0 saturated heterocycles. The van der Waals surface area contributed by atoms with Crippen molar-refractivity contribution in [3.05, 3.63) is 0 Å². The molecule has 0 aliphatic carbocycles. The molecule has 0 aromatic rings. The molecule has 2 nitrogen and oxygen atoms in total. The van der Waals surface area contributed by atoms with Gasteiger partial charge >= 0.3 is 0 Å². The minimum Gasteiger partial charge on any atom is -0.356 e. The summed E-state index contributed by atoms with van der Waals surface area (Å²) in [5.74, 6) is 0.0484. The van der Waals surface area contributed by atoms with Gasteiger partial charge in [0.2, 0.25) is 5.91 Å². The van der Waals surface area contributed by atoms with Crippen molar-refractivity contribution in [3.63, 3.8) is 0 Å². The third-order valence-electron chi connectivity index (χ3n) is 2.81. The topological polar surface area (TPSA) is 29.1 Å². The molecular formula is C10H21NO. The molecule has 0 rings (SSSR count). The Morgan fingerprint density at radius 2 is 1.58 bits per heavy atom. The smallest absolute Gasteiger partial charge is 0.216 e. The largest absolute Gasteiger partial charge is 0.356 e. The summed E-state index contributed by atoms with van der Waals surface area (Å²) in [5.41, 5.74) is 0.355. The Labute approximate surface area is 75.7 Å². The molecule has 0 fully saturated rings. The second-order valence-electron chi connectivity index (χ2n) is 5.04. The van der Waals surface area contributed by atoms with Gasteiger partial charge in [0.05, 0.1) is 0 Å².